The second-order valence-electron chi connectivity index (χ2n) is 3.87. The first-order valence-corrected chi connectivity index (χ1v) is 5.01. The molecule has 78 valence electrons. The molecule has 0 aromatic heterocycles. The van der Waals surface area contributed by atoms with Crippen molar-refractivity contribution in [1.82, 2.24) is 0 Å². The molecule has 0 amide bonds. The molecule has 14 heavy (non-hydrogen) atoms. The van der Waals surface area contributed by atoms with Gasteiger partial charge in [-0.25, -0.2) is 0 Å². The normalized spacial score (nSPS) is 15.2. The summed E-state index contributed by atoms with van der Waals surface area (Å²) in [5, 5.41) is 9.56. The lowest BCUT2D eigenvalue weighted by molar-refractivity contribution is 0.247. The van der Waals surface area contributed by atoms with Gasteiger partial charge < -0.3 is 10.8 Å². The number of hydrogen-bond acceptors (Lipinski definition) is 2. The molecule has 0 heterocycles. The maximum absolute atomic E-state index is 8.89. The van der Waals surface area contributed by atoms with E-state index < -0.39 is 5.54 Å². The number of aryl methyl sites for hydroxylation is 1. The van der Waals surface area contributed by atoms with Gasteiger partial charge in [-0.1, -0.05) is 23.7 Å². The van der Waals surface area contributed by atoms with Gasteiger partial charge in [0.25, 0.3) is 0 Å². The summed E-state index contributed by atoms with van der Waals surface area (Å²) in [5.74, 6) is 0. The van der Waals surface area contributed by atoms with Crippen molar-refractivity contribution in [2.24, 2.45) is 5.73 Å². The summed E-state index contributed by atoms with van der Waals surface area (Å²) in [6.45, 7) is 3.92. The van der Waals surface area contributed by atoms with Crippen molar-refractivity contribution in [2.75, 3.05) is 6.61 Å². The van der Waals surface area contributed by atoms with E-state index in [2.05, 4.69) is 0 Å². The minimum atomic E-state index is -0.556. The van der Waals surface area contributed by atoms with Crippen molar-refractivity contribution < 1.29 is 5.11 Å². The van der Waals surface area contributed by atoms with E-state index in [1.54, 1.807) is 0 Å². The molecule has 2 nitrogen and oxygen atoms in total. The summed E-state index contributed by atoms with van der Waals surface area (Å²) in [4.78, 5) is 0. The fraction of sp³-hybridized carbons (Fsp3) is 0.455. The molecule has 0 bridgehead atoms. The van der Waals surface area contributed by atoms with E-state index in [-0.39, 0.29) is 6.61 Å². The van der Waals surface area contributed by atoms with Crippen LogP contribution in [0.25, 0.3) is 0 Å². The standard InChI is InChI=1S/C11H16ClNO/c1-8-3-4-9(10(12)7-8)11(2,13)5-6-14/h3-4,7,14H,5-6,13H2,1-2H3/t11-/m1/s1. The molecular formula is C11H16ClNO. The van der Waals surface area contributed by atoms with E-state index in [4.69, 9.17) is 22.4 Å². The predicted molar refractivity (Wildman–Crippen MR) is 59.4 cm³/mol. The fourth-order valence-corrected chi connectivity index (χ4v) is 1.90. The van der Waals surface area contributed by atoms with E-state index in [1.807, 2.05) is 32.0 Å². The second-order valence-corrected chi connectivity index (χ2v) is 4.28. The van der Waals surface area contributed by atoms with Crippen molar-refractivity contribution in [3.8, 4) is 0 Å². The van der Waals surface area contributed by atoms with Gasteiger partial charge >= 0.3 is 0 Å². The lowest BCUT2D eigenvalue weighted by atomic mass is 9.89. The summed E-state index contributed by atoms with van der Waals surface area (Å²) in [5.41, 5.74) is 7.50. The van der Waals surface area contributed by atoms with Crippen LogP contribution in [0.1, 0.15) is 24.5 Å². The third-order valence-electron chi connectivity index (χ3n) is 2.37. The van der Waals surface area contributed by atoms with Crippen molar-refractivity contribution in [3.05, 3.63) is 34.3 Å². The highest BCUT2D eigenvalue weighted by atomic mass is 35.5. The van der Waals surface area contributed by atoms with E-state index in [0.29, 0.717) is 11.4 Å². The number of benzene rings is 1. The second kappa shape index (κ2) is 4.30. The molecule has 0 unspecified atom stereocenters. The van der Waals surface area contributed by atoms with Gasteiger partial charge in [0.2, 0.25) is 0 Å². The highest BCUT2D eigenvalue weighted by Gasteiger charge is 2.22. The van der Waals surface area contributed by atoms with Gasteiger partial charge in [0, 0.05) is 17.2 Å². The maximum atomic E-state index is 8.89. The minimum Gasteiger partial charge on any atom is -0.396 e. The quantitative estimate of drug-likeness (QED) is 0.809. The molecule has 3 N–H and O–H groups in total. The van der Waals surface area contributed by atoms with Crippen LogP contribution in [0.4, 0.5) is 0 Å². The molecule has 1 aromatic carbocycles. The van der Waals surface area contributed by atoms with Crippen LogP contribution in [-0.4, -0.2) is 11.7 Å². The maximum Gasteiger partial charge on any atom is 0.0459 e. The Kier molecular flexibility index (Phi) is 3.53. The van der Waals surface area contributed by atoms with Crippen LogP contribution in [0.2, 0.25) is 5.02 Å². The van der Waals surface area contributed by atoms with Crippen LogP contribution >= 0.6 is 11.6 Å². The van der Waals surface area contributed by atoms with Gasteiger partial charge in [-0.3, -0.25) is 0 Å². The molecular weight excluding hydrogens is 198 g/mol. The summed E-state index contributed by atoms with van der Waals surface area (Å²) >= 11 is 6.09. The van der Waals surface area contributed by atoms with Gasteiger partial charge in [-0.15, -0.1) is 0 Å². The lowest BCUT2D eigenvalue weighted by Crippen LogP contribution is -2.34. The Labute approximate surface area is 89.7 Å². The zero-order chi connectivity index (χ0) is 10.8. The molecule has 0 aliphatic carbocycles. The number of aliphatic hydroxyl groups is 1. The van der Waals surface area contributed by atoms with Crippen molar-refractivity contribution >= 4 is 11.6 Å². The van der Waals surface area contributed by atoms with Crippen LogP contribution in [0.3, 0.4) is 0 Å². The van der Waals surface area contributed by atoms with Gasteiger partial charge in [0.1, 0.15) is 0 Å². The first-order valence-electron chi connectivity index (χ1n) is 4.64. The molecule has 0 fully saturated rings. The van der Waals surface area contributed by atoms with Crippen LogP contribution in [-0.2, 0) is 5.54 Å². The van der Waals surface area contributed by atoms with Crippen LogP contribution < -0.4 is 5.73 Å². The molecule has 1 rings (SSSR count). The summed E-state index contributed by atoms with van der Waals surface area (Å²) < 4.78 is 0. The predicted octanol–water partition coefficient (Wildman–Crippen LogP) is 2.20. The molecule has 0 radical (unpaired) electrons. The number of hydrogen-bond donors (Lipinski definition) is 2. The van der Waals surface area contributed by atoms with Gasteiger partial charge in [-0.05, 0) is 37.5 Å². The Hall–Kier alpha value is -0.570. The Morgan fingerprint density at radius 1 is 1.50 bits per heavy atom. The Bertz CT molecular complexity index is 323. The largest absolute Gasteiger partial charge is 0.396 e. The summed E-state index contributed by atoms with van der Waals surface area (Å²) in [6.07, 6.45) is 0.510. The Morgan fingerprint density at radius 3 is 2.64 bits per heavy atom. The molecule has 3 heteroatoms. The smallest absolute Gasteiger partial charge is 0.0459 e. The molecule has 0 aliphatic heterocycles. The summed E-state index contributed by atoms with van der Waals surface area (Å²) in [6, 6.07) is 5.79. The minimum absolute atomic E-state index is 0.0667. The SMILES string of the molecule is Cc1ccc([C@](C)(N)CCO)c(Cl)c1. The first kappa shape index (κ1) is 11.5. The van der Waals surface area contributed by atoms with Crippen LogP contribution in [0, 0.1) is 6.92 Å². The highest BCUT2D eigenvalue weighted by molar-refractivity contribution is 6.31. The molecule has 1 atom stereocenters. The van der Waals surface area contributed by atoms with Gasteiger partial charge in [0.15, 0.2) is 0 Å². The van der Waals surface area contributed by atoms with Crippen molar-refractivity contribution in [2.45, 2.75) is 25.8 Å². The zero-order valence-electron chi connectivity index (χ0n) is 8.55. The number of halogens is 1. The lowest BCUT2D eigenvalue weighted by Gasteiger charge is -2.25. The third-order valence-corrected chi connectivity index (χ3v) is 2.68. The molecule has 0 saturated carbocycles. The molecule has 1 aromatic rings. The third kappa shape index (κ3) is 2.47. The fourth-order valence-electron chi connectivity index (χ4n) is 1.45. The van der Waals surface area contributed by atoms with E-state index in [0.717, 1.165) is 11.1 Å². The van der Waals surface area contributed by atoms with Gasteiger partial charge in [0.05, 0.1) is 0 Å². The van der Waals surface area contributed by atoms with Crippen LogP contribution in [0.15, 0.2) is 18.2 Å². The number of nitrogens with two attached hydrogens (primary N) is 1. The topological polar surface area (TPSA) is 46.2 Å². The molecule has 0 saturated heterocycles. The van der Waals surface area contributed by atoms with Crippen molar-refractivity contribution in [3.63, 3.8) is 0 Å². The van der Waals surface area contributed by atoms with Crippen LogP contribution in [0.5, 0.6) is 0 Å². The number of aliphatic hydroxyl groups excluding tert-OH is 1. The monoisotopic (exact) mass is 213 g/mol. The van der Waals surface area contributed by atoms with E-state index in [1.165, 1.54) is 0 Å². The van der Waals surface area contributed by atoms with Crippen molar-refractivity contribution in [1.29, 1.82) is 0 Å². The Balaban J connectivity index is 3.06. The molecule has 0 spiro atoms. The average molecular weight is 214 g/mol. The van der Waals surface area contributed by atoms with E-state index >= 15 is 0 Å². The van der Waals surface area contributed by atoms with E-state index in [9.17, 15) is 0 Å². The van der Waals surface area contributed by atoms with Gasteiger partial charge in [-0.2, -0.15) is 0 Å². The Morgan fingerprint density at radius 2 is 2.14 bits per heavy atom. The molecule has 0 aliphatic rings. The zero-order valence-corrected chi connectivity index (χ0v) is 9.30. The number of rotatable bonds is 3. The highest BCUT2D eigenvalue weighted by Crippen LogP contribution is 2.29. The first-order chi connectivity index (χ1) is 6.47. The average Bonchev–Trinajstić information content (AvgIpc) is 2.02. The summed E-state index contributed by atoms with van der Waals surface area (Å²) in [7, 11) is 0.